The first kappa shape index (κ1) is 28.1. The Morgan fingerprint density at radius 1 is 0.694 bits per heavy atom. The maximum atomic E-state index is 12.0. The predicted molar refractivity (Wildman–Crippen MR) is 130 cm³/mol. The molecule has 2 N–H and O–H groups in total. The average molecular weight is 511 g/mol. The van der Waals surface area contributed by atoms with E-state index in [0.717, 1.165) is 25.7 Å². The van der Waals surface area contributed by atoms with Gasteiger partial charge in [0.05, 0.1) is 10.8 Å². The maximum absolute atomic E-state index is 12.0. The zero-order valence-corrected chi connectivity index (χ0v) is 22.5. The van der Waals surface area contributed by atoms with Crippen LogP contribution in [-0.4, -0.2) is 81.5 Å². The third kappa shape index (κ3) is 5.72. The molecule has 4 fully saturated rings. The summed E-state index contributed by atoms with van der Waals surface area (Å²) in [6.07, 6.45) is 4.24. The van der Waals surface area contributed by atoms with Crippen LogP contribution in [0.1, 0.15) is 80.1 Å². The normalized spacial score (nSPS) is 31.3. The second kappa shape index (κ2) is 9.74. The molecule has 10 heteroatoms. The van der Waals surface area contributed by atoms with Crippen molar-refractivity contribution in [2.75, 3.05) is 26.2 Å². The third-order valence-corrected chi connectivity index (χ3v) is 7.90. The van der Waals surface area contributed by atoms with Crippen LogP contribution in [0.2, 0.25) is 0 Å². The van der Waals surface area contributed by atoms with Gasteiger partial charge in [-0.3, -0.25) is 9.59 Å². The van der Waals surface area contributed by atoms with Crippen molar-refractivity contribution in [3.8, 4) is 0 Å². The summed E-state index contributed by atoms with van der Waals surface area (Å²) in [6, 6.07) is 0. The van der Waals surface area contributed by atoms with Crippen LogP contribution < -0.4 is 0 Å². The van der Waals surface area contributed by atoms with Gasteiger partial charge in [-0.05, 0) is 79.1 Å². The van der Waals surface area contributed by atoms with E-state index in [9.17, 15) is 29.4 Å². The van der Waals surface area contributed by atoms with E-state index in [0.29, 0.717) is 39.0 Å². The van der Waals surface area contributed by atoms with Crippen LogP contribution in [0.4, 0.5) is 9.59 Å². The van der Waals surface area contributed by atoms with Crippen LogP contribution in [0.25, 0.3) is 0 Å². The molecule has 4 rings (SSSR count). The number of amides is 2. The first-order valence-corrected chi connectivity index (χ1v) is 12.9. The molecule has 36 heavy (non-hydrogen) atoms. The summed E-state index contributed by atoms with van der Waals surface area (Å²) in [5, 5.41) is 18.9. The maximum Gasteiger partial charge on any atom is 0.410 e. The molecule has 0 aromatic rings. The first-order valence-electron chi connectivity index (χ1n) is 12.9. The number of aliphatic carboxylic acids is 2. The van der Waals surface area contributed by atoms with Crippen molar-refractivity contribution in [3.63, 3.8) is 0 Å². The van der Waals surface area contributed by atoms with Crippen LogP contribution in [0.5, 0.6) is 0 Å². The van der Waals surface area contributed by atoms with Gasteiger partial charge in [0.15, 0.2) is 0 Å². The molecular weight excluding hydrogens is 468 g/mol. The Bertz CT molecular complexity index is 819. The van der Waals surface area contributed by atoms with Gasteiger partial charge in [-0.15, -0.1) is 0 Å². The number of ether oxygens (including phenoxy) is 2. The highest BCUT2D eigenvalue weighted by Gasteiger charge is 2.57. The monoisotopic (exact) mass is 510 g/mol. The number of carboxylic acids is 2. The van der Waals surface area contributed by atoms with Gasteiger partial charge in [0, 0.05) is 26.2 Å². The van der Waals surface area contributed by atoms with Crippen LogP contribution in [0.15, 0.2) is 0 Å². The van der Waals surface area contributed by atoms with E-state index in [1.54, 1.807) is 9.80 Å². The summed E-state index contributed by atoms with van der Waals surface area (Å²) in [5.74, 6) is -1.36. The van der Waals surface area contributed by atoms with Gasteiger partial charge in [-0.1, -0.05) is 12.8 Å². The van der Waals surface area contributed by atoms with Crippen LogP contribution in [-0.2, 0) is 19.1 Å². The zero-order valence-electron chi connectivity index (χ0n) is 22.5. The van der Waals surface area contributed by atoms with Gasteiger partial charge in [0.25, 0.3) is 0 Å². The van der Waals surface area contributed by atoms with Crippen molar-refractivity contribution in [3.05, 3.63) is 0 Å². The van der Waals surface area contributed by atoms with Crippen molar-refractivity contribution in [1.29, 1.82) is 0 Å². The number of fused-ring (bicyclic) bond motifs is 2. The van der Waals surface area contributed by atoms with Crippen molar-refractivity contribution in [2.45, 2.75) is 91.3 Å². The Morgan fingerprint density at radius 3 is 1.28 bits per heavy atom. The number of carbonyl (C=O) groups excluding carboxylic acids is 2. The molecule has 204 valence electrons. The molecule has 0 aromatic carbocycles. The number of rotatable bonds is 2. The Balaban J connectivity index is 0.000000201. The minimum absolute atomic E-state index is 0.0857. The minimum atomic E-state index is -0.768. The second-order valence-electron chi connectivity index (χ2n) is 12.8. The molecule has 2 heterocycles. The molecule has 2 amide bonds. The Hall–Kier alpha value is -2.52. The van der Waals surface area contributed by atoms with E-state index in [2.05, 4.69) is 0 Å². The van der Waals surface area contributed by atoms with E-state index in [1.807, 2.05) is 41.5 Å². The number of hydrogen-bond donors (Lipinski definition) is 2. The van der Waals surface area contributed by atoms with Crippen molar-refractivity contribution < 1.29 is 38.9 Å². The van der Waals surface area contributed by atoms with Gasteiger partial charge in [-0.2, -0.15) is 0 Å². The zero-order chi connectivity index (χ0) is 27.1. The lowest BCUT2D eigenvalue weighted by molar-refractivity contribution is -0.150. The minimum Gasteiger partial charge on any atom is -0.481 e. The van der Waals surface area contributed by atoms with Gasteiger partial charge in [-0.25, -0.2) is 9.59 Å². The van der Waals surface area contributed by atoms with Crippen molar-refractivity contribution in [1.82, 2.24) is 9.80 Å². The molecule has 2 aliphatic heterocycles. The SMILES string of the molecule is CC(C)(C)OC(=O)N1C[C@@H]2CCC[C@]2(C(=O)O)C1.CC(C)(C)OC(=O)N1C[C@H]2CCC[C@@]2(C(=O)O)C1. The van der Waals surface area contributed by atoms with Gasteiger partial charge in [0.1, 0.15) is 11.2 Å². The summed E-state index contributed by atoms with van der Waals surface area (Å²) < 4.78 is 10.6. The molecule has 2 aliphatic carbocycles. The van der Waals surface area contributed by atoms with Crippen LogP contribution >= 0.6 is 0 Å². The lowest BCUT2D eigenvalue weighted by atomic mass is 9.81. The summed E-state index contributed by atoms with van der Waals surface area (Å²) in [4.78, 5) is 50.0. The number of likely N-dealkylation sites (tertiary alicyclic amines) is 2. The Morgan fingerprint density at radius 2 is 1.03 bits per heavy atom. The fourth-order valence-corrected chi connectivity index (χ4v) is 6.21. The third-order valence-electron chi connectivity index (χ3n) is 7.90. The summed E-state index contributed by atoms with van der Waals surface area (Å²) in [5.41, 5.74) is -2.52. The quantitative estimate of drug-likeness (QED) is 0.564. The highest BCUT2D eigenvalue weighted by Crippen LogP contribution is 2.50. The summed E-state index contributed by atoms with van der Waals surface area (Å²) in [6.45, 7) is 12.5. The van der Waals surface area contributed by atoms with Gasteiger partial charge >= 0.3 is 24.1 Å². The molecule has 4 atom stereocenters. The standard InChI is InChI=1S/2C13H21NO4/c2*1-12(2,3)18-11(17)14-7-9-5-4-6-13(9,8-14)10(15)16/h2*9H,4-8H2,1-3H3,(H,15,16)/t2*9-,13-/m10/s1. The van der Waals surface area contributed by atoms with Crippen molar-refractivity contribution in [2.24, 2.45) is 22.7 Å². The molecule has 0 spiro atoms. The molecule has 0 unspecified atom stereocenters. The molecule has 0 radical (unpaired) electrons. The molecule has 2 saturated carbocycles. The fraction of sp³-hybridized carbons (Fsp3) is 0.846. The van der Waals surface area contributed by atoms with Gasteiger partial charge in [0.2, 0.25) is 0 Å². The van der Waals surface area contributed by atoms with E-state index in [4.69, 9.17) is 9.47 Å². The second-order valence-corrected chi connectivity index (χ2v) is 12.8. The number of carboxylic acid groups (broad SMARTS) is 2. The van der Waals surface area contributed by atoms with Crippen molar-refractivity contribution >= 4 is 24.1 Å². The van der Waals surface area contributed by atoms with E-state index in [1.165, 1.54) is 0 Å². The average Bonchev–Trinajstić information content (AvgIpc) is 3.43. The summed E-state index contributed by atoms with van der Waals surface area (Å²) in [7, 11) is 0. The van der Waals surface area contributed by atoms with Crippen LogP contribution in [0, 0.1) is 22.7 Å². The van der Waals surface area contributed by atoms with Gasteiger partial charge < -0.3 is 29.5 Å². The Kier molecular flexibility index (Phi) is 7.59. The Labute approximate surface area is 213 Å². The summed E-state index contributed by atoms with van der Waals surface area (Å²) >= 11 is 0. The van der Waals surface area contributed by atoms with E-state index >= 15 is 0 Å². The molecular formula is C26H42N2O8. The lowest BCUT2D eigenvalue weighted by Gasteiger charge is -2.26. The number of nitrogens with zero attached hydrogens (tertiary/aromatic N) is 2. The molecule has 2 saturated heterocycles. The highest BCUT2D eigenvalue weighted by molar-refractivity contribution is 5.79. The molecule has 4 aliphatic rings. The molecule has 0 bridgehead atoms. The number of carbonyl (C=O) groups is 4. The number of hydrogen-bond acceptors (Lipinski definition) is 6. The highest BCUT2D eigenvalue weighted by atomic mass is 16.6. The predicted octanol–water partition coefficient (Wildman–Crippen LogP) is 4.22. The van der Waals surface area contributed by atoms with Crippen LogP contribution in [0.3, 0.4) is 0 Å². The largest absolute Gasteiger partial charge is 0.481 e. The smallest absolute Gasteiger partial charge is 0.410 e. The lowest BCUT2D eigenvalue weighted by Crippen LogP contribution is -2.39. The fourth-order valence-electron chi connectivity index (χ4n) is 6.21. The molecule has 0 aromatic heterocycles. The molecule has 10 nitrogen and oxygen atoms in total. The van der Waals surface area contributed by atoms with E-state index in [-0.39, 0.29) is 11.8 Å². The van der Waals surface area contributed by atoms with E-state index < -0.39 is 46.2 Å². The topological polar surface area (TPSA) is 134 Å². The first-order chi connectivity index (χ1) is 16.5.